The normalized spacial score (nSPS) is 16.8. The maximum atomic E-state index is 12.1. The summed E-state index contributed by atoms with van der Waals surface area (Å²) in [6.45, 7) is 6.09. The SMILES string of the molecule is COCC(=O)Nc1ccc(N2C(=S)N[C@H](c3ccccn3)[C@@H]2c2cc(C)n(-c3ccc(Cl)cc3Cl)c2C)cc1C. The summed E-state index contributed by atoms with van der Waals surface area (Å²) >= 11 is 18.8. The number of carbonyl (C=O) groups is 1. The van der Waals surface area contributed by atoms with Crippen molar-refractivity contribution >= 4 is 57.8 Å². The molecular weight excluding hydrogens is 565 g/mol. The third-order valence-electron chi connectivity index (χ3n) is 7.08. The molecule has 0 radical (unpaired) electrons. The largest absolute Gasteiger partial charge is 0.375 e. The standard InChI is InChI=1S/C30H29Cl2N5O2S/c1-17-13-21(9-10-24(17)34-27(38)16-39-4)37-29(28(35-30(37)40)25-7-5-6-12-33-25)22-14-18(2)36(19(22)3)26-11-8-20(31)15-23(26)32/h5-15,28-29H,16H2,1-4H3,(H,34,38)(H,35,40)/t28-,29+/m1/s1. The predicted octanol–water partition coefficient (Wildman–Crippen LogP) is 6.87. The Kier molecular flexibility index (Phi) is 8.14. The zero-order valence-electron chi connectivity index (χ0n) is 22.5. The minimum absolute atomic E-state index is 0.0115. The first-order valence-electron chi connectivity index (χ1n) is 12.7. The van der Waals surface area contributed by atoms with Crippen molar-refractivity contribution in [2.75, 3.05) is 23.9 Å². The van der Waals surface area contributed by atoms with E-state index in [1.54, 1.807) is 12.3 Å². The van der Waals surface area contributed by atoms with Crippen molar-refractivity contribution in [3.63, 3.8) is 0 Å². The van der Waals surface area contributed by atoms with Crippen molar-refractivity contribution in [1.29, 1.82) is 0 Å². The third-order valence-corrected chi connectivity index (χ3v) is 7.93. The van der Waals surface area contributed by atoms with Crippen LogP contribution in [0.5, 0.6) is 0 Å². The molecule has 0 aliphatic carbocycles. The monoisotopic (exact) mass is 593 g/mol. The van der Waals surface area contributed by atoms with E-state index in [0.717, 1.165) is 45.3 Å². The number of thiocarbonyl (C=S) groups is 1. The van der Waals surface area contributed by atoms with Crippen molar-refractivity contribution in [3.8, 4) is 5.69 Å². The van der Waals surface area contributed by atoms with Crippen LogP contribution in [0.1, 0.15) is 40.3 Å². The van der Waals surface area contributed by atoms with Crippen molar-refractivity contribution in [3.05, 3.63) is 105 Å². The van der Waals surface area contributed by atoms with E-state index in [-0.39, 0.29) is 24.6 Å². The van der Waals surface area contributed by atoms with Gasteiger partial charge in [0.05, 0.1) is 28.5 Å². The summed E-state index contributed by atoms with van der Waals surface area (Å²) in [5.74, 6) is -0.210. The Morgan fingerprint density at radius 1 is 1.10 bits per heavy atom. The highest BCUT2D eigenvalue weighted by atomic mass is 35.5. The maximum absolute atomic E-state index is 12.1. The lowest BCUT2D eigenvalue weighted by Crippen LogP contribution is -2.29. The molecule has 3 heterocycles. The summed E-state index contributed by atoms with van der Waals surface area (Å²) in [6, 6.07) is 19.1. The van der Waals surface area contributed by atoms with E-state index < -0.39 is 0 Å². The van der Waals surface area contributed by atoms with E-state index in [4.69, 9.17) is 40.2 Å². The second-order valence-corrected chi connectivity index (χ2v) is 11.0. The van der Waals surface area contributed by atoms with Crippen LogP contribution in [0.2, 0.25) is 10.0 Å². The lowest BCUT2D eigenvalue weighted by atomic mass is 9.96. The van der Waals surface area contributed by atoms with Gasteiger partial charge in [0.25, 0.3) is 0 Å². The number of ether oxygens (including phenoxy) is 1. The van der Waals surface area contributed by atoms with Gasteiger partial charge in [0.15, 0.2) is 5.11 Å². The van der Waals surface area contributed by atoms with E-state index in [1.165, 1.54) is 7.11 Å². The van der Waals surface area contributed by atoms with Crippen LogP contribution in [0.4, 0.5) is 11.4 Å². The molecule has 1 amide bonds. The molecule has 4 aromatic rings. The molecule has 1 fully saturated rings. The Hall–Kier alpha value is -3.43. The van der Waals surface area contributed by atoms with Gasteiger partial charge < -0.3 is 24.8 Å². The lowest BCUT2D eigenvalue weighted by Gasteiger charge is -2.29. The maximum Gasteiger partial charge on any atom is 0.250 e. The van der Waals surface area contributed by atoms with Crippen molar-refractivity contribution in [1.82, 2.24) is 14.9 Å². The van der Waals surface area contributed by atoms with Gasteiger partial charge in [-0.1, -0.05) is 29.3 Å². The fourth-order valence-electron chi connectivity index (χ4n) is 5.32. The van der Waals surface area contributed by atoms with Crippen LogP contribution in [-0.4, -0.2) is 34.3 Å². The molecule has 0 spiro atoms. The molecule has 40 heavy (non-hydrogen) atoms. The molecule has 2 aromatic heterocycles. The average molecular weight is 595 g/mol. The first-order chi connectivity index (χ1) is 19.2. The number of carbonyl (C=O) groups excluding carboxylic acids is 1. The minimum atomic E-state index is -0.210. The fourth-order valence-corrected chi connectivity index (χ4v) is 6.16. The number of amides is 1. The first-order valence-corrected chi connectivity index (χ1v) is 13.9. The number of rotatable bonds is 7. The molecule has 0 unspecified atom stereocenters. The zero-order valence-corrected chi connectivity index (χ0v) is 24.9. The van der Waals surface area contributed by atoms with Gasteiger partial charge in [-0.3, -0.25) is 9.78 Å². The van der Waals surface area contributed by atoms with E-state index >= 15 is 0 Å². The number of pyridine rings is 1. The van der Waals surface area contributed by atoms with Gasteiger partial charge in [-0.05, 0) is 98.7 Å². The smallest absolute Gasteiger partial charge is 0.250 e. The van der Waals surface area contributed by atoms with Gasteiger partial charge in [0, 0.05) is 41.1 Å². The van der Waals surface area contributed by atoms with Crippen LogP contribution in [0.3, 0.4) is 0 Å². The average Bonchev–Trinajstić information content (AvgIpc) is 3.41. The Bertz CT molecular complexity index is 1590. The number of nitrogens with one attached hydrogen (secondary N) is 2. The number of halogens is 2. The molecule has 1 aliphatic rings. The number of benzene rings is 2. The van der Waals surface area contributed by atoms with Gasteiger partial charge >= 0.3 is 0 Å². The van der Waals surface area contributed by atoms with Gasteiger partial charge in [-0.25, -0.2) is 0 Å². The lowest BCUT2D eigenvalue weighted by molar-refractivity contribution is -0.119. The second kappa shape index (κ2) is 11.6. The molecule has 2 aromatic carbocycles. The summed E-state index contributed by atoms with van der Waals surface area (Å²) in [5.41, 5.74) is 7.41. The Labute approximate surface area is 249 Å². The quantitative estimate of drug-likeness (QED) is 0.228. The van der Waals surface area contributed by atoms with Crippen molar-refractivity contribution in [2.45, 2.75) is 32.9 Å². The number of hydrogen-bond donors (Lipinski definition) is 2. The summed E-state index contributed by atoms with van der Waals surface area (Å²) in [5, 5.41) is 8.16. The number of hydrogen-bond acceptors (Lipinski definition) is 4. The molecule has 5 rings (SSSR count). The van der Waals surface area contributed by atoms with Gasteiger partial charge in [-0.2, -0.15) is 0 Å². The molecule has 1 aliphatic heterocycles. The topological polar surface area (TPSA) is 71.4 Å². The third kappa shape index (κ3) is 5.32. The minimum Gasteiger partial charge on any atom is -0.375 e. The number of anilines is 2. The molecule has 10 heteroatoms. The molecule has 2 N–H and O–H groups in total. The molecule has 206 valence electrons. The summed E-state index contributed by atoms with van der Waals surface area (Å²) in [4.78, 5) is 18.9. The number of aromatic nitrogens is 2. The second-order valence-electron chi connectivity index (χ2n) is 9.73. The molecular formula is C30H29Cl2N5O2S. The Balaban J connectivity index is 1.62. The number of aryl methyl sites for hydroxylation is 2. The highest BCUT2D eigenvalue weighted by Gasteiger charge is 2.42. The Morgan fingerprint density at radius 3 is 2.58 bits per heavy atom. The van der Waals surface area contributed by atoms with E-state index in [1.807, 2.05) is 55.5 Å². The van der Waals surface area contributed by atoms with E-state index in [0.29, 0.717) is 15.2 Å². The van der Waals surface area contributed by atoms with Crippen LogP contribution in [0, 0.1) is 20.8 Å². The van der Waals surface area contributed by atoms with Gasteiger partial charge in [0.2, 0.25) is 5.91 Å². The Morgan fingerprint density at radius 2 is 1.90 bits per heavy atom. The van der Waals surface area contributed by atoms with Gasteiger partial charge in [-0.15, -0.1) is 0 Å². The van der Waals surface area contributed by atoms with Crippen LogP contribution in [0.15, 0.2) is 66.9 Å². The molecule has 7 nitrogen and oxygen atoms in total. The van der Waals surface area contributed by atoms with Crippen molar-refractivity contribution < 1.29 is 9.53 Å². The highest BCUT2D eigenvalue weighted by Crippen LogP contribution is 2.44. The summed E-state index contributed by atoms with van der Waals surface area (Å²) in [6.07, 6.45) is 1.79. The highest BCUT2D eigenvalue weighted by molar-refractivity contribution is 7.80. The number of methoxy groups -OCH3 is 1. The van der Waals surface area contributed by atoms with Crippen LogP contribution < -0.4 is 15.5 Å². The molecule has 2 atom stereocenters. The van der Waals surface area contributed by atoms with Crippen LogP contribution >= 0.6 is 35.4 Å². The van der Waals surface area contributed by atoms with Crippen molar-refractivity contribution in [2.24, 2.45) is 0 Å². The van der Waals surface area contributed by atoms with Crippen LogP contribution in [-0.2, 0) is 9.53 Å². The predicted molar refractivity (Wildman–Crippen MR) is 165 cm³/mol. The van der Waals surface area contributed by atoms with Gasteiger partial charge in [0.1, 0.15) is 6.61 Å². The van der Waals surface area contributed by atoms with E-state index in [9.17, 15) is 4.79 Å². The zero-order chi connectivity index (χ0) is 28.6. The van der Waals surface area contributed by atoms with Crippen LogP contribution in [0.25, 0.3) is 5.69 Å². The first kappa shape index (κ1) is 28.1. The molecule has 1 saturated heterocycles. The number of nitrogens with zero attached hydrogens (tertiary/aromatic N) is 3. The summed E-state index contributed by atoms with van der Waals surface area (Å²) in [7, 11) is 1.49. The van der Waals surface area contributed by atoms with E-state index in [2.05, 4.69) is 45.0 Å². The molecule has 0 bridgehead atoms. The fraction of sp³-hybridized carbons (Fsp3) is 0.233. The molecule has 0 saturated carbocycles. The summed E-state index contributed by atoms with van der Waals surface area (Å²) < 4.78 is 7.09.